The summed E-state index contributed by atoms with van der Waals surface area (Å²) in [6.07, 6.45) is 1.64. The molecule has 0 radical (unpaired) electrons. The van der Waals surface area contributed by atoms with Crippen LogP contribution >= 0.6 is 0 Å². The van der Waals surface area contributed by atoms with Gasteiger partial charge in [-0.3, -0.25) is 0 Å². The van der Waals surface area contributed by atoms with E-state index in [1.54, 1.807) is 10.6 Å². The average molecular weight is 334 g/mol. The molecule has 3 rings (SSSR count). The first kappa shape index (κ1) is 16.1. The first-order valence-corrected chi connectivity index (χ1v) is 9.20. The zero-order valence-corrected chi connectivity index (χ0v) is 14.6. The van der Waals surface area contributed by atoms with Crippen LogP contribution in [0, 0.1) is 20.8 Å². The van der Waals surface area contributed by atoms with E-state index in [1.165, 1.54) is 0 Å². The molecule has 0 aliphatic carbocycles. The Balaban J connectivity index is 1.82. The van der Waals surface area contributed by atoms with Crippen molar-refractivity contribution in [2.75, 3.05) is 31.1 Å². The highest BCUT2D eigenvalue weighted by Gasteiger charge is 2.31. The summed E-state index contributed by atoms with van der Waals surface area (Å²) in [7, 11) is -3.46. The van der Waals surface area contributed by atoms with Gasteiger partial charge in [0.05, 0.1) is 11.2 Å². The van der Waals surface area contributed by atoms with E-state index < -0.39 is 10.0 Å². The number of hydrogen-bond donors (Lipinski definition) is 0. The highest BCUT2D eigenvalue weighted by Crippen LogP contribution is 2.27. The van der Waals surface area contributed by atoms with Crippen LogP contribution in [0.5, 0.6) is 0 Å². The lowest BCUT2D eigenvalue weighted by Gasteiger charge is -2.34. The molecule has 0 spiro atoms. The summed E-state index contributed by atoms with van der Waals surface area (Å²) < 4.78 is 33.0. The minimum atomic E-state index is -3.46. The monoisotopic (exact) mass is 334 g/mol. The molecule has 1 aromatic heterocycles. The number of anilines is 1. The van der Waals surface area contributed by atoms with Crippen LogP contribution in [0.1, 0.15) is 16.7 Å². The van der Waals surface area contributed by atoms with Gasteiger partial charge in [0.15, 0.2) is 5.88 Å². The van der Waals surface area contributed by atoms with Crippen molar-refractivity contribution in [2.24, 2.45) is 0 Å². The van der Waals surface area contributed by atoms with Crippen LogP contribution in [0.2, 0.25) is 0 Å². The number of furan rings is 1. The fourth-order valence-electron chi connectivity index (χ4n) is 3.30. The van der Waals surface area contributed by atoms with Gasteiger partial charge in [0, 0.05) is 32.2 Å². The molecule has 0 N–H and O–H groups in total. The Morgan fingerprint density at radius 3 is 2.13 bits per heavy atom. The Morgan fingerprint density at radius 2 is 1.61 bits per heavy atom. The lowest BCUT2D eigenvalue weighted by Crippen LogP contribution is -2.48. The van der Waals surface area contributed by atoms with Gasteiger partial charge in [0.2, 0.25) is 10.0 Å². The zero-order valence-electron chi connectivity index (χ0n) is 13.7. The number of sulfonamides is 1. The van der Waals surface area contributed by atoms with Crippen LogP contribution in [-0.4, -0.2) is 38.9 Å². The molecular formula is C17H22N2O3S. The van der Waals surface area contributed by atoms with E-state index in [9.17, 15) is 8.42 Å². The van der Waals surface area contributed by atoms with Gasteiger partial charge >= 0.3 is 0 Å². The molecule has 124 valence electrons. The SMILES string of the molecule is Cc1cc(C)c(S(=O)(=O)N2CCN(c3ccco3)CC2)c(C)c1. The number of rotatable bonds is 3. The van der Waals surface area contributed by atoms with E-state index in [0.29, 0.717) is 31.1 Å². The molecule has 0 saturated carbocycles. The Bertz CT molecular complexity index is 766. The van der Waals surface area contributed by atoms with Crippen LogP contribution in [0.4, 0.5) is 5.88 Å². The van der Waals surface area contributed by atoms with Crippen LogP contribution in [0.15, 0.2) is 39.8 Å². The Morgan fingerprint density at radius 1 is 1.00 bits per heavy atom. The van der Waals surface area contributed by atoms with Crippen LogP contribution in [0.25, 0.3) is 0 Å². The number of benzene rings is 1. The third-order valence-corrected chi connectivity index (χ3v) is 6.46. The first-order chi connectivity index (χ1) is 10.9. The fraction of sp³-hybridized carbons (Fsp3) is 0.412. The Labute approximate surface area is 137 Å². The lowest BCUT2D eigenvalue weighted by atomic mass is 10.1. The Hall–Kier alpha value is -1.79. The number of piperazine rings is 1. The highest BCUT2D eigenvalue weighted by molar-refractivity contribution is 7.89. The molecule has 0 bridgehead atoms. The molecule has 1 aliphatic heterocycles. The van der Waals surface area contributed by atoms with Crippen LogP contribution in [0.3, 0.4) is 0 Å². The second kappa shape index (κ2) is 6.02. The molecule has 6 heteroatoms. The maximum Gasteiger partial charge on any atom is 0.243 e. The van der Waals surface area contributed by atoms with Gasteiger partial charge in [-0.2, -0.15) is 4.31 Å². The van der Waals surface area contributed by atoms with Crippen molar-refractivity contribution < 1.29 is 12.8 Å². The Kier molecular flexibility index (Phi) is 4.21. The number of hydrogen-bond acceptors (Lipinski definition) is 4. The lowest BCUT2D eigenvalue weighted by molar-refractivity contribution is 0.373. The molecule has 23 heavy (non-hydrogen) atoms. The van der Waals surface area contributed by atoms with Gasteiger partial charge in [-0.05, 0) is 38.0 Å². The summed E-state index contributed by atoms with van der Waals surface area (Å²) in [6.45, 7) is 7.93. The summed E-state index contributed by atoms with van der Waals surface area (Å²) in [5.41, 5.74) is 2.72. The predicted molar refractivity (Wildman–Crippen MR) is 90.3 cm³/mol. The second-order valence-electron chi connectivity index (χ2n) is 6.07. The van der Waals surface area contributed by atoms with E-state index in [1.807, 2.05) is 45.0 Å². The maximum absolute atomic E-state index is 13.0. The quantitative estimate of drug-likeness (QED) is 0.866. The van der Waals surface area contributed by atoms with Gasteiger partial charge in [-0.15, -0.1) is 0 Å². The van der Waals surface area contributed by atoms with Gasteiger partial charge in [0.1, 0.15) is 0 Å². The maximum atomic E-state index is 13.0. The summed E-state index contributed by atoms with van der Waals surface area (Å²) in [4.78, 5) is 2.52. The summed E-state index contributed by atoms with van der Waals surface area (Å²) in [5, 5.41) is 0. The van der Waals surface area contributed by atoms with Crippen molar-refractivity contribution in [1.29, 1.82) is 0 Å². The van der Waals surface area contributed by atoms with E-state index in [4.69, 9.17) is 4.42 Å². The summed E-state index contributed by atoms with van der Waals surface area (Å²) in [5.74, 6) is 0.796. The van der Waals surface area contributed by atoms with Gasteiger partial charge < -0.3 is 9.32 Å². The van der Waals surface area contributed by atoms with Gasteiger partial charge in [-0.25, -0.2) is 8.42 Å². The standard InChI is InChI=1S/C17H22N2O3S/c1-13-11-14(2)17(15(3)12-13)23(20,21)19-8-6-18(7-9-19)16-5-4-10-22-16/h4-5,10-12H,6-9H2,1-3H3. The molecule has 0 atom stereocenters. The zero-order chi connectivity index (χ0) is 16.6. The van der Waals surface area contributed by atoms with Crippen molar-refractivity contribution in [1.82, 2.24) is 4.31 Å². The van der Waals surface area contributed by atoms with Gasteiger partial charge in [-0.1, -0.05) is 17.7 Å². The third-order valence-electron chi connectivity index (χ3n) is 4.26. The molecule has 2 aromatic rings. The molecule has 5 nitrogen and oxygen atoms in total. The summed E-state index contributed by atoms with van der Waals surface area (Å²) in [6, 6.07) is 7.61. The van der Waals surface area contributed by atoms with Crippen LogP contribution < -0.4 is 4.90 Å². The fourth-order valence-corrected chi connectivity index (χ4v) is 5.14. The molecule has 2 heterocycles. The normalized spacial score (nSPS) is 16.7. The average Bonchev–Trinajstić information content (AvgIpc) is 3.00. The van der Waals surface area contributed by atoms with Crippen LogP contribution in [-0.2, 0) is 10.0 Å². The second-order valence-corrected chi connectivity index (χ2v) is 7.95. The van der Waals surface area contributed by atoms with Crippen molar-refractivity contribution in [3.05, 3.63) is 47.2 Å². The molecular weight excluding hydrogens is 312 g/mol. The molecule has 1 aliphatic rings. The molecule has 0 amide bonds. The molecule has 0 unspecified atom stereocenters. The van der Waals surface area contributed by atoms with E-state index in [-0.39, 0.29) is 0 Å². The van der Waals surface area contributed by atoms with Crippen molar-refractivity contribution >= 4 is 15.9 Å². The van der Waals surface area contributed by atoms with Crippen molar-refractivity contribution in [3.63, 3.8) is 0 Å². The van der Waals surface area contributed by atoms with E-state index in [2.05, 4.69) is 4.90 Å². The number of aryl methyl sites for hydroxylation is 3. The highest BCUT2D eigenvalue weighted by atomic mass is 32.2. The molecule has 1 fully saturated rings. The number of nitrogens with zero attached hydrogens (tertiary/aromatic N) is 2. The topological polar surface area (TPSA) is 53.8 Å². The third kappa shape index (κ3) is 3.01. The van der Waals surface area contributed by atoms with Crippen molar-refractivity contribution in [3.8, 4) is 0 Å². The predicted octanol–water partition coefficient (Wildman–Crippen LogP) is 2.72. The summed E-state index contributed by atoms with van der Waals surface area (Å²) >= 11 is 0. The smallest absolute Gasteiger partial charge is 0.243 e. The van der Waals surface area contributed by atoms with Gasteiger partial charge in [0.25, 0.3) is 0 Å². The minimum Gasteiger partial charge on any atom is -0.449 e. The van der Waals surface area contributed by atoms with Crippen molar-refractivity contribution in [2.45, 2.75) is 25.7 Å². The molecule has 1 saturated heterocycles. The minimum absolute atomic E-state index is 0.453. The first-order valence-electron chi connectivity index (χ1n) is 7.76. The largest absolute Gasteiger partial charge is 0.449 e. The van der Waals surface area contributed by atoms with E-state index in [0.717, 1.165) is 22.6 Å². The molecule has 1 aromatic carbocycles. The van der Waals surface area contributed by atoms with E-state index >= 15 is 0 Å².